The third kappa shape index (κ3) is 5.22. The summed E-state index contributed by atoms with van der Waals surface area (Å²) < 4.78 is 26.2. The number of amides is 1. The Kier molecular flexibility index (Phi) is 7.22. The molecule has 5 rings (SSSR count). The van der Waals surface area contributed by atoms with Crippen molar-refractivity contribution in [2.45, 2.75) is 25.6 Å². The van der Waals surface area contributed by atoms with Crippen molar-refractivity contribution in [2.75, 3.05) is 25.6 Å². The largest absolute Gasteiger partial charge is 0.396 e. The van der Waals surface area contributed by atoms with Gasteiger partial charge in [-0.15, -0.1) is 0 Å². The molecule has 0 aliphatic carbocycles. The fourth-order valence-electron chi connectivity index (χ4n) is 4.59. The van der Waals surface area contributed by atoms with Crippen LogP contribution in [-0.2, 0) is 24.2 Å². The number of aliphatic hydroxyl groups is 1. The highest BCUT2D eigenvalue weighted by Gasteiger charge is 2.34. The van der Waals surface area contributed by atoms with E-state index in [1.54, 1.807) is 36.3 Å². The van der Waals surface area contributed by atoms with E-state index in [1.807, 2.05) is 10.8 Å². The number of fused-ring (bicyclic) bond motifs is 1. The first-order chi connectivity index (χ1) is 18.0. The molecule has 0 fully saturated rings. The van der Waals surface area contributed by atoms with Gasteiger partial charge in [0.05, 0.1) is 17.7 Å². The predicted molar refractivity (Wildman–Crippen MR) is 135 cm³/mol. The summed E-state index contributed by atoms with van der Waals surface area (Å²) in [6.07, 6.45) is 5.24. The van der Waals surface area contributed by atoms with Gasteiger partial charge in [0.1, 0.15) is 23.6 Å². The maximum Gasteiger partial charge on any atom is 0.271 e. The van der Waals surface area contributed by atoms with Crippen molar-refractivity contribution in [1.29, 1.82) is 0 Å². The van der Waals surface area contributed by atoms with Crippen LogP contribution in [0, 0.1) is 5.82 Å². The number of benzene rings is 1. The van der Waals surface area contributed by atoms with Gasteiger partial charge >= 0.3 is 0 Å². The summed E-state index contributed by atoms with van der Waals surface area (Å²) in [5.41, 5.74) is 3.39. The zero-order chi connectivity index (χ0) is 25.9. The van der Waals surface area contributed by atoms with Crippen LogP contribution in [-0.4, -0.2) is 57.0 Å². The lowest BCUT2D eigenvalue weighted by atomic mass is 10.0. The Labute approximate surface area is 217 Å². The van der Waals surface area contributed by atoms with Crippen molar-refractivity contribution in [3.8, 4) is 11.1 Å². The van der Waals surface area contributed by atoms with Crippen LogP contribution in [0.4, 0.5) is 16.0 Å². The molecule has 0 bridgehead atoms. The summed E-state index contributed by atoms with van der Waals surface area (Å²) >= 11 is 6.48. The van der Waals surface area contributed by atoms with Gasteiger partial charge in [0, 0.05) is 56.4 Å². The fraction of sp³-hybridized carbons (Fsp3) is 0.269. The number of hydrogen-bond donors (Lipinski definition) is 2. The number of pyridine rings is 1. The third-order valence-corrected chi connectivity index (χ3v) is 6.64. The Hall–Kier alpha value is -3.73. The van der Waals surface area contributed by atoms with E-state index in [1.165, 1.54) is 24.6 Å². The lowest BCUT2D eigenvalue weighted by Gasteiger charge is -2.36. The number of nitrogens with one attached hydrogen (secondary N) is 1. The van der Waals surface area contributed by atoms with Gasteiger partial charge in [-0.1, -0.05) is 22.8 Å². The number of rotatable bonds is 9. The van der Waals surface area contributed by atoms with Crippen molar-refractivity contribution < 1.29 is 23.6 Å². The molecule has 1 aliphatic rings. The van der Waals surface area contributed by atoms with Crippen molar-refractivity contribution in [3.05, 3.63) is 82.7 Å². The van der Waals surface area contributed by atoms with Crippen LogP contribution in [0.2, 0.25) is 5.02 Å². The molecule has 1 aliphatic heterocycles. The molecule has 0 unspecified atom stereocenters. The van der Waals surface area contributed by atoms with Crippen LogP contribution in [0.1, 0.15) is 21.6 Å². The molecule has 1 atom stereocenters. The lowest BCUT2D eigenvalue weighted by Crippen LogP contribution is -2.49. The van der Waals surface area contributed by atoms with E-state index >= 15 is 0 Å². The van der Waals surface area contributed by atoms with E-state index in [2.05, 4.69) is 15.5 Å². The molecule has 4 aromatic rings. The van der Waals surface area contributed by atoms with E-state index in [0.29, 0.717) is 53.1 Å². The summed E-state index contributed by atoms with van der Waals surface area (Å²) in [6.45, 7) is 0.931. The van der Waals surface area contributed by atoms with Crippen molar-refractivity contribution >= 4 is 29.1 Å². The Bertz CT molecular complexity index is 1410. The van der Waals surface area contributed by atoms with E-state index in [0.717, 1.165) is 11.1 Å². The number of carbonyl (C=O) groups excluding carboxylic acids is 1. The zero-order valence-corrected chi connectivity index (χ0v) is 20.8. The topological polar surface area (TPSA) is 106 Å². The van der Waals surface area contributed by atoms with Crippen molar-refractivity contribution in [3.63, 3.8) is 0 Å². The monoisotopic (exact) mass is 525 g/mol. The number of ether oxygens (including phenoxy) is 1. The maximum atomic E-state index is 14.1. The quantitative estimate of drug-likeness (QED) is 0.336. The smallest absolute Gasteiger partial charge is 0.271 e. The van der Waals surface area contributed by atoms with Crippen molar-refractivity contribution in [2.24, 2.45) is 0 Å². The van der Waals surface area contributed by atoms with Crippen molar-refractivity contribution in [1.82, 2.24) is 19.6 Å². The molecular formula is C26H25ClFN5O4. The van der Waals surface area contributed by atoms with E-state index in [4.69, 9.17) is 20.9 Å². The van der Waals surface area contributed by atoms with Gasteiger partial charge in [-0.25, -0.2) is 9.37 Å². The Balaban J connectivity index is 1.47. The average Bonchev–Trinajstić information content (AvgIpc) is 3.55. The third-order valence-electron chi connectivity index (χ3n) is 6.33. The van der Waals surface area contributed by atoms with Gasteiger partial charge in [-0.2, -0.15) is 0 Å². The Morgan fingerprint density at radius 1 is 1.24 bits per heavy atom. The maximum absolute atomic E-state index is 14.1. The standard InChI is InChI=1S/C26H25ClFN5O4/c1-36-15-20-14-32-12-18(21-10-25(29-11-22(21)27)30-24-5-7-37-31-24)9-23(32)26(35)33(20)13-17-8-19(28)3-2-16(17)4-6-34/h2-3,5,7-12,20,34H,4,6,13-15H2,1H3,(H,29,30,31)/t20-/m1/s1. The molecule has 192 valence electrons. The minimum Gasteiger partial charge on any atom is -0.396 e. The van der Waals surface area contributed by atoms with Crippen LogP contribution < -0.4 is 5.32 Å². The first-order valence-electron chi connectivity index (χ1n) is 11.7. The van der Waals surface area contributed by atoms with Gasteiger partial charge in [0.25, 0.3) is 5.91 Å². The summed E-state index contributed by atoms with van der Waals surface area (Å²) in [6, 6.07) is 9.40. The lowest BCUT2D eigenvalue weighted by molar-refractivity contribution is 0.0387. The first-order valence-corrected chi connectivity index (χ1v) is 12.1. The number of nitrogens with zero attached hydrogens (tertiary/aromatic N) is 4. The second-order valence-electron chi connectivity index (χ2n) is 8.75. The number of aliphatic hydroxyl groups excluding tert-OH is 1. The minimum absolute atomic E-state index is 0.0690. The summed E-state index contributed by atoms with van der Waals surface area (Å²) in [5, 5.41) is 16.7. The highest BCUT2D eigenvalue weighted by Crippen LogP contribution is 2.34. The van der Waals surface area contributed by atoms with Gasteiger partial charge in [-0.05, 0) is 41.8 Å². The predicted octanol–water partition coefficient (Wildman–Crippen LogP) is 4.28. The average molecular weight is 526 g/mol. The number of carbonyl (C=O) groups is 1. The molecule has 3 aromatic heterocycles. The molecule has 11 heteroatoms. The molecule has 9 nitrogen and oxygen atoms in total. The summed E-state index contributed by atoms with van der Waals surface area (Å²) in [4.78, 5) is 19.7. The second kappa shape index (κ2) is 10.7. The molecule has 0 spiro atoms. The number of halogens is 2. The number of methoxy groups -OCH3 is 1. The number of aromatic nitrogens is 3. The molecular weight excluding hydrogens is 501 g/mol. The van der Waals surface area contributed by atoms with Crippen LogP contribution in [0.3, 0.4) is 0 Å². The zero-order valence-electron chi connectivity index (χ0n) is 20.0. The molecule has 4 heterocycles. The Morgan fingerprint density at radius 3 is 2.86 bits per heavy atom. The molecule has 37 heavy (non-hydrogen) atoms. The van der Waals surface area contributed by atoms with Crippen LogP contribution in [0.25, 0.3) is 11.1 Å². The second-order valence-corrected chi connectivity index (χ2v) is 9.16. The Morgan fingerprint density at radius 2 is 2.11 bits per heavy atom. The van der Waals surface area contributed by atoms with Gasteiger partial charge in [0.2, 0.25) is 0 Å². The molecule has 1 amide bonds. The molecule has 0 saturated heterocycles. The van der Waals surface area contributed by atoms with E-state index in [-0.39, 0.29) is 25.1 Å². The molecule has 0 saturated carbocycles. The molecule has 1 aromatic carbocycles. The fourth-order valence-corrected chi connectivity index (χ4v) is 4.80. The van der Waals surface area contributed by atoms with Crippen LogP contribution >= 0.6 is 11.6 Å². The number of anilines is 2. The van der Waals surface area contributed by atoms with Crippen LogP contribution in [0.15, 0.2) is 59.6 Å². The summed E-state index contributed by atoms with van der Waals surface area (Å²) in [7, 11) is 1.58. The van der Waals surface area contributed by atoms with E-state index < -0.39 is 5.82 Å². The highest BCUT2D eigenvalue weighted by atomic mass is 35.5. The molecule has 2 N–H and O–H groups in total. The van der Waals surface area contributed by atoms with Gasteiger partial charge in [-0.3, -0.25) is 4.79 Å². The normalized spacial score (nSPS) is 15.2. The first kappa shape index (κ1) is 24.9. The van der Waals surface area contributed by atoms with E-state index in [9.17, 15) is 14.3 Å². The van der Waals surface area contributed by atoms with Crippen LogP contribution in [0.5, 0.6) is 0 Å². The highest BCUT2D eigenvalue weighted by molar-refractivity contribution is 6.33. The van der Waals surface area contributed by atoms with Gasteiger partial charge < -0.3 is 29.2 Å². The molecule has 0 radical (unpaired) electrons. The minimum atomic E-state index is -0.391. The SMILES string of the molecule is COC[C@H]1Cn2cc(-c3cc(Nc4ccon4)ncc3Cl)cc2C(=O)N1Cc1cc(F)ccc1CCO. The summed E-state index contributed by atoms with van der Waals surface area (Å²) in [5.74, 6) is 0.427. The number of hydrogen-bond acceptors (Lipinski definition) is 7. The van der Waals surface area contributed by atoms with Gasteiger partial charge in [0.15, 0.2) is 5.82 Å².